The van der Waals surface area contributed by atoms with Crippen LogP contribution in [0.3, 0.4) is 0 Å². The minimum Gasteiger partial charge on any atom is -0.466 e. The van der Waals surface area contributed by atoms with E-state index in [1.165, 1.54) is 17.7 Å². The number of halogens is 2. The molecule has 0 radical (unpaired) electrons. The maximum absolute atomic E-state index is 14.3. The van der Waals surface area contributed by atoms with E-state index in [-0.39, 0.29) is 42.7 Å². The molecular weight excluding hydrogens is 332 g/mol. The maximum atomic E-state index is 14.3. The van der Waals surface area contributed by atoms with Crippen LogP contribution < -0.4 is 5.32 Å². The molecule has 2 heterocycles. The number of nitrogens with one attached hydrogen (secondary N) is 1. The number of nitrogens with zero attached hydrogens (tertiary/aromatic N) is 2. The van der Waals surface area contributed by atoms with Crippen molar-refractivity contribution in [3.63, 3.8) is 0 Å². The van der Waals surface area contributed by atoms with Crippen LogP contribution in [0.2, 0.25) is 0 Å². The van der Waals surface area contributed by atoms with Crippen LogP contribution >= 0.6 is 0 Å². The molecule has 1 aliphatic rings. The van der Waals surface area contributed by atoms with Gasteiger partial charge in [0.25, 0.3) is 5.95 Å². The molecule has 134 valence electrons. The molecule has 2 aromatic heterocycles. The van der Waals surface area contributed by atoms with Gasteiger partial charge in [0.1, 0.15) is 0 Å². The summed E-state index contributed by atoms with van der Waals surface area (Å²) in [6.45, 7) is 3.29. The number of aromatic nitrogens is 2. The number of pyridine rings is 1. The van der Waals surface area contributed by atoms with Gasteiger partial charge >= 0.3 is 5.97 Å². The van der Waals surface area contributed by atoms with Gasteiger partial charge in [-0.3, -0.25) is 14.2 Å². The second kappa shape index (κ2) is 6.78. The van der Waals surface area contributed by atoms with Gasteiger partial charge in [-0.25, -0.2) is 0 Å². The highest BCUT2D eigenvalue weighted by Gasteiger charge is 2.28. The number of carbonyl (C=O) groups is 2. The van der Waals surface area contributed by atoms with Gasteiger partial charge in [0.2, 0.25) is 11.7 Å². The molecule has 0 unspecified atom stereocenters. The fourth-order valence-electron chi connectivity index (χ4n) is 2.75. The predicted octanol–water partition coefficient (Wildman–Crippen LogP) is 3.04. The average Bonchev–Trinajstić information content (AvgIpc) is 3.30. The lowest BCUT2D eigenvalue weighted by molar-refractivity contribution is -0.143. The molecule has 0 spiro atoms. The number of fused-ring (bicyclic) bond motifs is 1. The number of rotatable bonds is 6. The Hall–Kier alpha value is -2.51. The van der Waals surface area contributed by atoms with Crippen molar-refractivity contribution in [3.05, 3.63) is 23.5 Å². The summed E-state index contributed by atoms with van der Waals surface area (Å²) in [6.07, 6.45) is 3.54. The lowest BCUT2D eigenvalue weighted by Crippen LogP contribution is -2.09. The van der Waals surface area contributed by atoms with Crippen molar-refractivity contribution in [1.29, 1.82) is 0 Å². The zero-order valence-electron chi connectivity index (χ0n) is 14.1. The van der Waals surface area contributed by atoms with Crippen LogP contribution in [-0.2, 0) is 16.0 Å². The molecular formula is C17H19F2N3O3. The fraction of sp³-hybridized carbons (Fsp3) is 0.471. The Morgan fingerprint density at radius 2 is 2.12 bits per heavy atom. The average molecular weight is 351 g/mol. The third-order valence-electron chi connectivity index (χ3n) is 4.08. The third kappa shape index (κ3) is 3.47. The molecule has 6 nitrogen and oxygen atoms in total. The standard InChI is InChI=1S/C17H19F2N3O3/c1-3-25-12(24)7-4-10-8-22(9(2)23)17-13(10)15(20-11-5-6-11)14(18)16(19)21-17/h8,11H,3-7H2,1-2H3,(H,20,21). The number of esters is 1. The van der Waals surface area contributed by atoms with Crippen molar-refractivity contribution in [2.75, 3.05) is 11.9 Å². The molecule has 0 atom stereocenters. The monoisotopic (exact) mass is 351 g/mol. The van der Waals surface area contributed by atoms with E-state index >= 15 is 0 Å². The Labute approximate surface area is 143 Å². The predicted molar refractivity (Wildman–Crippen MR) is 87.5 cm³/mol. The number of carbonyl (C=O) groups excluding carboxylic acids is 2. The molecule has 1 N–H and O–H groups in total. The third-order valence-corrected chi connectivity index (χ3v) is 4.08. The van der Waals surface area contributed by atoms with Crippen LogP contribution in [0.15, 0.2) is 6.20 Å². The molecule has 1 saturated carbocycles. The van der Waals surface area contributed by atoms with Gasteiger partial charge in [-0.1, -0.05) is 0 Å². The van der Waals surface area contributed by atoms with Crippen molar-refractivity contribution in [3.8, 4) is 0 Å². The molecule has 0 aromatic carbocycles. The summed E-state index contributed by atoms with van der Waals surface area (Å²) in [4.78, 5) is 27.1. The summed E-state index contributed by atoms with van der Waals surface area (Å²) in [6, 6.07) is 0.0816. The lowest BCUT2D eigenvalue weighted by atomic mass is 10.1. The van der Waals surface area contributed by atoms with Gasteiger partial charge in [-0.2, -0.15) is 13.8 Å². The van der Waals surface area contributed by atoms with Gasteiger partial charge in [0, 0.05) is 31.0 Å². The Balaban J connectivity index is 2.09. The van der Waals surface area contributed by atoms with E-state index in [2.05, 4.69) is 10.3 Å². The van der Waals surface area contributed by atoms with E-state index in [1.807, 2.05) is 0 Å². The van der Waals surface area contributed by atoms with E-state index in [1.54, 1.807) is 6.92 Å². The van der Waals surface area contributed by atoms with E-state index in [0.717, 1.165) is 12.8 Å². The first-order valence-corrected chi connectivity index (χ1v) is 8.24. The van der Waals surface area contributed by atoms with Crippen LogP contribution in [-0.4, -0.2) is 34.1 Å². The van der Waals surface area contributed by atoms with Crippen molar-refractivity contribution < 1.29 is 23.1 Å². The van der Waals surface area contributed by atoms with E-state index in [9.17, 15) is 18.4 Å². The highest BCUT2D eigenvalue weighted by Crippen LogP contribution is 2.35. The summed E-state index contributed by atoms with van der Waals surface area (Å²) < 4.78 is 34.3. The minimum absolute atomic E-state index is 0.00357. The molecule has 0 aliphatic heterocycles. The molecule has 3 rings (SSSR count). The first-order chi connectivity index (χ1) is 11.9. The van der Waals surface area contributed by atoms with Crippen molar-refractivity contribution in [1.82, 2.24) is 9.55 Å². The zero-order valence-corrected chi connectivity index (χ0v) is 14.1. The van der Waals surface area contributed by atoms with Gasteiger partial charge in [-0.05, 0) is 31.7 Å². The van der Waals surface area contributed by atoms with E-state index in [4.69, 9.17) is 4.74 Å². The van der Waals surface area contributed by atoms with Gasteiger partial charge < -0.3 is 10.1 Å². The summed E-state index contributed by atoms with van der Waals surface area (Å²) in [7, 11) is 0. The van der Waals surface area contributed by atoms with Crippen LogP contribution in [0, 0.1) is 11.8 Å². The topological polar surface area (TPSA) is 73.2 Å². The summed E-state index contributed by atoms with van der Waals surface area (Å²) in [5.74, 6) is -3.09. The normalized spacial score (nSPS) is 13.9. The Morgan fingerprint density at radius 3 is 2.72 bits per heavy atom. The largest absolute Gasteiger partial charge is 0.466 e. The molecule has 8 heteroatoms. The van der Waals surface area contributed by atoms with Gasteiger partial charge in [0.05, 0.1) is 12.3 Å². The molecule has 0 saturated heterocycles. The van der Waals surface area contributed by atoms with Crippen molar-refractivity contribution >= 4 is 28.6 Å². The molecule has 0 amide bonds. The number of ether oxygens (including phenoxy) is 1. The summed E-state index contributed by atoms with van der Waals surface area (Å²) in [5, 5.41) is 3.32. The number of aryl methyl sites for hydroxylation is 1. The van der Waals surface area contributed by atoms with Crippen LogP contribution in [0.25, 0.3) is 11.0 Å². The Kier molecular flexibility index (Phi) is 4.69. The summed E-state index contributed by atoms with van der Waals surface area (Å²) >= 11 is 0. The van der Waals surface area contributed by atoms with Gasteiger partial charge in [-0.15, -0.1) is 0 Å². The smallest absolute Gasteiger partial charge is 0.306 e. The number of hydrogen-bond acceptors (Lipinski definition) is 5. The molecule has 1 aliphatic carbocycles. The van der Waals surface area contributed by atoms with Crippen molar-refractivity contribution in [2.24, 2.45) is 0 Å². The molecule has 1 fully saturated rings. The van der Waals surface area contributed by atoms with Crippen LogP contribution in [0.4, 0.5) is 14.5 Å². The highest BCUT2D eigenvalue weighted by atomic mass is 19.2. The first kappa shape index (κ1) is 17.3. The molecule has 2 aromatic rings. The van der Waals surface area contributed by atoms with E-state index in [0.29, 0.717) is 10.9 Å². The van der Waals surface area contributed by atoms with Crippen LogP contribution in [0.1, 0.15) is 43.5 Å². The van der Waals surface area contributed by atoms with Crippen molar-refractivity contribution in [2.45, 2.75) is 45.6 Å². The Morgan fingerprint density at radius 1 is 1.40 bits per heavy atom. The SMILES string of the molecule is CCOC(=O)CCc1cn(C(C)=O)c2nc(F)c(F)c(NC3CC3)c12. The lowest BCUT2D eigenvalue weighted by Gasteiger charge is -2.10. The maximum Gasteiger partial charge on any atom is 0.306 e. The quantitative estimate of drug-likeness (QED) is 0.640. The molecule has 25 heavy (non-hydrogen) atoms. The second-order valence-corrected chi connectivity index (χ2v) is 6.06. The highest BCUT2D eigenvalue weighted by molar-refractivity contribution is 5.99. The fourth-order valence-corrected chi connectivity index (χ4v) is 2.75. The van der Waals surface area contributed by atoms with Crippen LogP contribution in [0.5, 0.6) is 0 Å². The minimum atomic E-state index is -1.26. The van der Waals surface area contributed by atoms with E-state index < -0.39 is 17.7 Å². The summed E-state index contributed by atoms with van der Waals surface area (Å²) in [5.41, 5.74) is 0.602. The number of hydrogen-bond donors (Lipinski definition) is 1. The van der Waals surface area contributed by atoms with Gasteiger partial charge in [0.15, 0.2) is 5.65 Å². The Bertz CT molecular complexity index is 844. The number of anilines is 1. The zero-order chi connectivity index (χ0) is 18.1. The second-order valence-electron chi connectivity index (χ2n) is 6.06. The first-order valence-electron chi connectivity index (χ1n) is 8.24. The molecule has 0 bridgehead atoms.